The van der Waals surface area contributed by atoms with Gasteiger partial charge in [-0.05, 0) is 49.9 Å². The molecule has 3 aromatic rings. The van der Waals surface area contributed by atoms with E-state index in [9.17, 15) is 9.59 Å². The summed E-state index contributed by atoms with van der Waals surface area (Å²) in [4.78, 5) is 31.3. The number of carbonyl (C=O) groups excluding carboxylic acids is 1. The predicted octanol–water partition coefficient (Wildman–Crippen LogP) is 2.88. The summed E-state index contributed by atoms with van der Waals surface area (Å²) in [6.45, 7) is 6.58. The summed E-state index contributed by atoms with van der Waals surface area (Å²) in [7, 11) is 1.90. The van der Waals surface area contributed by atoms with Crippen molar-refractivity contribution in [2.45, 2.75) is 19.5 Å². The van der Waals surface area contributed by atoms with Gasteiger partial charge in [-0.2, -0.15) is 0 Å². The third kappa shape index (κ3) is 4.69. The minimum absolute atomic E-state index is 0.120. The van der Waals surface area contributed by atoms with Crippen LogP contribution in [0.25, 0.3) is 11.0 Å². The molecule has 7 nitrogen and oxygen atoms in total. The highest BCUT2D eigenvalue weighted by Gasteiger charge is 2.18. The first-order valence-corrected chi connectivity index (χ1v) is 9.02. The lowest BCUT2D eigenvalue weighted by Gasteiger charge is -2.24. The standard InChI is InChI=1S/C21H24N4O3/c1-4-11-28-17-8-5-15(6-9-17)13-25(3)14(2)20(26)22-16-7-10-18-19(12-16)24-21(27)23-18/h4-10,12,14H,1,11,13H2,2-3H3,(H,22,26)(H2,23,24,27). The average Bonchev–Trinajstić information content (AvgIpc) is 3.06. The van der Waals surface area contributed by atoms with E-state index in [-0.39, 0.29) is 17.6 Å². The van der Waals surface area contributed by atoms with Crippen LogP contribution >= 0.6 is 0 Å². The third-order valence-electron chi connectivity index (χ3n) is 4.55. The van der Waals surface area contributed by atoms with E-state index in [1.165, 1.54) is 0 Å². The number of aromatic amines is 2. The van der Waals surface area contributed by atoms with Gasteiger partial charge >= 0.3 is 5.69 Å². The van der Waals surface area contributed by atoms with Gasteiger partial charge in [0.25, 0.3) is 0 Å². The van der Waals surface area contributed by atoms with Crippen molar-refractivity contribution in [1.29, 1.82) is 0 Å². The molecule has 0 aliphatic carbocycles. The summed E-state index contributed by atoms with van der Waals surface area (Å²) in [6.07, 6.45) is 1.70. The number of aromatic nitrogens is 2. The van der Waals surface area contributed by atoms with Crippen LogP contribution in [-0.4, -0.2) is 40.5 Å². The molecule has 0 bridgehead atoms. The Kier molecular flexibility index (Phi) is 5.96. The Bertz CT molecular complexity index is 1020. The van der Waals surface area contributed by atoms with Gasteiger partial charge in [-0.15, -0.1) is 0 Å². The van der Waals surface area contributed by atoms with Crippen molar-refractivity contribution in [3.8, 4) is 5.75 Å². The van der Waals surface area contributed by atoms with Crippen LogP contribution in [-0.2, 0) is 11.3 Å². The van der Waals surface area contributed by atoms with Crippen LogP contribution in [0.1, 0.15) is 12.5 Å². The molecule has 0 radical (unpaired) electrons. The number of rotatable bonds is 8. The van der Waals surface area contributed by atoms with E-state index >= 15 is 0 Å². The molecule has 1 aromatic heterocycles. The topological polar surface area (TPSA) is 90.2 Å². The average molecular weight is 380 g/mol. The molecule has 0 aliphatic rings. The monoisotopic (exact) mass is 380 g/mol. The molecule has 1 heterocycles. The van der Waals surface area contributed by atoms with Gasteiger partial charge in [0, 0.05) is 12.2 Å². The van der Waals surface area contributed by atoms with Gasteiger partial charge in [-0.3, -0.25) is 9.69 Å². The van der Waals surface area contributed by atoms with Crippen molar-refractivity contribution in [2.75, 3.05) is 19.0 Å². The molecule has 0 aliphatic heterocycles. The van der Waals surface area contributed by atoms with E-state index in [0.29, 0.717) is 29.9 Å². The number of benzene rings is 2. The van der Waals surface area contributed by atoms with Crippen LogP contribution in [0.15, 0.2) is 59.9 Å². The number of nitrogens with one attached hydrogen (secondary N) is 3. The lowest BCUT2D eigenvalue weighted by atomic mass is 10.1. The summed E-state index contributed by atoms with van der Waals surface area (Å²) in [5.74, 6) is 0.668. The van der Waals surface area contributed by atoms with Gasteiger partial charge in [-0.25, -0.2) is 4.79 Å². The largest absolute Gasteiger partial charge is 0.490 e. The Morgan fingerprint density at radius 1 is 1.21 bits per heavy atom. The van der Waals surface area contributed by atoms with Crippen LogP contribution in [0.4, 0.5) is 5.69 Å². The maximum Gasteiger partial charge on any atom is 0.323 e. The molecule has 1 atom stereocenters. The Balaban J connectivity index is 1.59. The van der Waals surface area contributed by atoms with Crippen LogP contribution < -0.4 is 15.7 Å². The Labute approximate surface area is 163 Å². The van der Waals surface area contributed by atoms with Crippen LogP contribution in [0.2, 0.25) is 0 Å². The van der Waals surface area contributed by atoms with Gasteiger partial charge in [0.1, 0.15) is 12.4 Å². The maximum atomic E-state index is 12.6. The zero-order valence-electron chi connectivity index (χ0n) is 16.0. The number of likely N-dealkylation sites (N-methyl/N-ethyl adjacent to an activating group) is 1. The Hall–Kier alpha value is -3.32. The summed E-state index contributed by atoms with van der Waals surface area (Å²) < 4.78 is 5.48. The van der Waals surface area contributed by atoms with Gasteiger partial charge in [0.15, 0.2) is 0 Å². The Morgan fingerprint density at radius 3 is 2.64 bits per heavy atom. The fraction of sp³-hybridized carbons (Fsp3) is 0.238. The van der Waals surface area contributed by atoms with Gasteiger partial charge in [0.05, 0.1) is 17.1 Å². The fourth-order valence-electron chi connectivity index (χ4n) is 2.83. The zero-order valence-corrected chi connectivity index (χ0v) is 16.0. The number of hydrogen-bond acceptors (Lipinski definition) is 4. The second kappa shape index (κ2) is 8.58. The minimum Gasteiger partial charge on any atom is -0.490 e. The summed E-state index contributed by atoms with van der Waals surface area (Å²) in [5, 5.41) is 2.90. The highest BCUT2D eigenvalue weighted by Crippen LogP contribution is 2.17. The van der Waals surface area contributed by atoms with E-state index in [1.54, 1.807) is 24.3 Å². The van der Waals surface area contributed by atoms with Crippen molar-refractivity contribution in [3.05, 3.63) is 71.2 Å². The first-order chi connectivity index (χ1) is 13.5. The normalized spacial score (nSPS) is 12.1. The summed E-state index contributed by atoms with van der Waals surface area (Å²) in [6, 6.07) is 12.7. The van der Waals surface area contributed by atoms with Gasteiger partial charge in [-0.1, -0.05) is 24.8 Å². The highest BCUT2D eigenvalue weighted by atomic mass is 16.5. The van der Waals surface area contributed by atoms with Crippen LogP contribution in [0, 0.1) is 0 Å². The van der Waals surface area contributed by atoms with Crippen LogP contribution in [0.3, 0.4) is 0 Å². The first kappa shape index (κ1) is 19.4. The molecular formula is C21H24N4O3. The van der Waals surface area contributed by atoms with E-state index in [1.807, 2.05) is 43.1 Å². The molecule has 0 saturated heterocycles. The van der Waals surface area contributed by atoms with Crippen molar-refractivity contribution >= 4 is 22.6 Å². The number of imidazole rings is 1. The molecule has 1 unspecified atom stereocenters. The molecule has 3 N–H and O–H groups in total. The summed E-state index contributed by atoms with van der Waals surface area (Å²) >= 11 is 0. The first-order valence-electron chi connectivity index (χ1n) is 9.02. The van der Waals surface area contributed by atoms with E-state index in [4.69, 9.17) is 4.74 Å². The number of ether oxygens (including phenoxy) is 1. The van der Waals surface area contributed by atoms with Crippen LogP contribution in [0.5, 0.6) is 5.75 Å². The SMILES string of the molecule is C=CCOc1ccc(CN(C)C(C)C(=O)Nc2ccc3[nH]c(=O)[nH]c3c2)cc1. The van der Waals surface area contributed by atoms with Crippen molar-refractivity contribution in [2.24, 2.45) is 0 Å². The minimum atomic E-state index is -0.335. The molecule has 2 aromatic carbocycles. The molecule has 28 heavy (non-hydrogen) atoms. The second-order valence-electron chi connectivity index (χ2n) is 6.66. The van der Waals surface area contributed by atoms with Gasteiger partial charge in [0.2, 0.25) is 5.91 Å². The molecule has 0 spiro atoms. The molecule has 146 valence electrons. The van der Waals surface area contributed by atoms with Gasteiger partial charge < -0.3 is 20.0 Å². The molecular weight excluding hydrogens is 356 g/mol. The molecule has 0 saturated carbocycles. The fourth-order valence-corrected chi connectivity index (χ4v) is 2.83. The summed E-state index contributed by atoms with van der Waals surface area (Å²) in [5.41, 5.74) is 2.81. The lowest BCUT2D eigenvalue weighted by molar-refractivity contribution is -0.120. The number of H-pyrrole nitrogens is 2. The zero-order chi connectivity index (χ0) is 20.1. The Morgan fingerprint density at radius 2 is 1.93 bits per heavy atom. The van der Waals surface area contributed by atoms with Crippen molar-refractivity contribution in [1.82, 2.24) is 14.9 Å². The quantitative estimate of drug-likeness (QED) is 0.524. The number of fused-ring (bicyclic) bond motifs is 1. The molecule has 0 fully saturated rings. The third-order valence-corrected chi connectivity index (χ3v) is 4.55. The number of nitrogens with zero attached hydrogens (tertiary/aromatic N) is 1. The van der Waals surface area contributed by atoms with E-state index < -0.39 is 0 Å². The van der Waals surface area contributed by atoms with Crippen molar-refractivity contribution in [3.63, 3.8) is 0 Å². The predicted molar refractivity (Wildman–Crippen MR) is 111 cm³/mol. The number of carbonyl (C=O) groups is 1. The molecule has 3 rings (SSSR count). The number of anilines is 1. The number of amides is 1. The highest BCUT2D eigenvalue weighted by molar-refractivity contribution is 5.96. The van der Waals surface area contributed by atoms with E-state index in [2.05, 4.69) is 21.9 Å². The van der Waals surface area contributed by atoms with Crippen molar-refractivity contribution < 1.29 is 9.53 Å². The maximum absolute atomic E-state index is 12.6. The van der Waals surface area contributed by atoms with E-state index in [0.717, 1.165) is 11.3 Å². The smallest absolute Gasteiger partial charge is 0.323 e. The second-order valence-corrected chi connectivity index (χ2v) is 6.66. The number of hydrogen-bond donors (Lipinski definition) is 3. The molecule has 7 heteroatoms. The lowest BCUT2D eigenvalue weighted by Crippen LogP contribution is -2.39. The molecule has 1 amide bonds.